The predicted molar refractivity (Wildman–Crippen MR) is 113 cm³/mol. The fourth-order valence-electron chi connectivity index (χ4n) is 4.77. The molecular weight excluding hydrogens is 346 g/mol. The SMILES string of the molecule is CC(C)(C)[C@H]1COC(C2CCCC2C(O)(c2ccccc2)c2ccccc2)=N1. The molecule has 0 bridgehead atoms. The van der Waals surface area contributed by atoms with Crippen LogP contribution in [-0.4, -0.2) is 23.7 Å². The summed E-state index contributed by atoms with van der Waals surface area (Å²) in [4.78, 5) is 4.98. The zero-order valence-corrected chi connectivity index (χ0v) is 17.1. The molecule has 0 saturated heterocycles. The lowest BCUT2D eigenvalue weighted by Gasteiger charge is -2.38. The summed E-state index contributed by atoms with van der Waals surface area (Å²) < 4.78 is 6.11. The van der Waals surface area contributed by atoms with E-state index in [9.17, 15) is 5.11 Å². The van der Waals surface area contributed by atoms with Crippen molar-refractivity contribution in [3.05, 3.63) is 71.8 Å². The second kappa shape index (κ2) is 7.36. The molecule has 0 spiro atoms. The van der Waals surface area contributed by atoms with Gasteiger partial charge in [0.1, 0.15) is 12.2 Å². The first-order valence-corrected chi connectivity index (χ1v) is 10.4. The minimum Gasteiger partial charge on any atom is -0.478 e. The second-order valence-electron chi connectivity index (χ2n) is 9.30. The third-order valence-corrected chi connectivity index (χ3v) is 6.47. The van der Waals surface area contributed by atoms with Gasteiger partial charge in [0.05, 0.1) is 6.04 Å². The maximum atomic E-state index is 12.2. The minimum atomic E-state index is -1.05. The van der Waals surface area contributed by atoms with Crippen LogP contribution in [-0.2, 0) is 10.3 Å². The quantitative estimate of drug-likeness (QED) is 0.797. The van der Waals surface area contributed by atoms with Crippen LogP contribution in [0.15, 0.2) is 65.7 Å². The topological polar surface area (TPSA) is 41.8 Å². The van der Waals surface area contributed by atoms with Crippen molar-refractivity contribution >= 4 is 5.90 Å². The lowest BCUT2D eigenvalue weighted by Crippen LogP contribution is -2.40. The molecule has 1 fully saturated rings. The highest BCUT2D eigenvalue weighted by molar-refractivity contribution is 5.81. The van der Waals surface area contributed by atoms with Crippen LogP contribution in [0, 0.1) is 17.3 Å². The summed E-state index contributed by atoms with van der Waals surface area (Å²) in [7, 11) is 0. The summed E-state index contributed by atoms with van der Waals surface area (Å²) >= 11 is 0. The maximum Gasteiger partial charge on any atom is 0.187 e. The van der Waals surface area contributed by atoms with Gasteiger partial charge in [0.2, 0.25) is 0 Å². The molecule has 0 amide bonds. The largest absolute Gasteiger partial charge is 0.478 e. The zero-order valence-electron chi connectivity index (χ0n) is 17.1. The molecule has 3 heteroatoms. The Morgan fingerprint density at radius 3 is 1.96 bits per heavy atom. The number of ether oxygens (including phenoxy) is 1. The van der Waals surface area contributed by atoms with Gasteiger partial charge in [-0.3, -0.25) is 0 Å². The Morgan fingerprint density at radius 1 is 0.893 bits per heavy atom. The molecule has 1 heterocycles. The summed E-state index contributed by atoms with van der Waals surface area (Å²) in [6.07, 6.45) is 3.07. The molecule has 4 rings (SSSR count). The van der Waals surface area contributed by atoms with Gasteiger partial charge in [-0.1, -0.05) is 87.9 Å². The molecule has 1 N–H and O–H groups in total. The smallest absolute Gasteiger partial charge is 0.187 e. The number of benzene rings is 2. The first kappa shape index (κ1) is 19.2. The molecule has 0 radical (unpaired) electrons. The van der Waals surface area contributed by atoms with Gasteiger partial charge in [0.15, 0.2) is 5.90 Å². The number of aliphatic imine (C=N–C) groups is 1. The standard InChI is InChI=1S/C25H31NO2/c1-24(2,3)22-17-28-23(26-22)20-15-10-16-21(20)25(27,18-11-6-4-7-12-18)19-13-8-5-9-14-19/h4-9,11-14,20-22,27H,10,15-17H2,1-3H3/t20?,21?,22-/m1/s1. The molecule has 28 heavy (non-hydrogen) atoms. The molecule has 1 aliphatic heterocycles. The van der Waals surface area contributed by atoms with E-state index in [1.165, 1.54) is 0 Å². The summed E-state index contributed by atoms with van der Waals surface area (Å²) in [5.41, 5.74) is 0.938. The highest BCUT2D eigenvalue weighted by Crippen LogP contribution is 2.49. The van der Waals surface area contributed by atoms with Gasteiger partial charge in [-0.15, -0.1) is 0 Å². The first-order valence-electron chi connectivity index (χ1n) is 10.4. The third kappa shape index (κ3) is 3.37. The van der Waals surface area contributed by atoms with E-state index < -0.39 is 5.60 Å². The number of nitrogens with zero attached hydrogens (tertiary/aromatic N) is 1. The van der Waals surface area contributed by atoms with Crippen molar-refractivity contribution in [2.24, 2.45) is 22.2 Å². The fraction of sp³-hybridized carbons (Fsp3) is 0.480. The van der Waals surface area contributed by atoms with E-state index in [1.807, 2.05) is 60.7 Å². The van der Waals surface area contributed by atoms with E-state index in [-0.39, 0.29) is 23.3 Å². The van der Waals surface area contributed by atoms with Gasteiger partial charge in [0.25, 0.3) is 0 Å². The van der Waals surface area contributed by atoms with Gasteiger partial charge in [0, 0.05) is 11.8 Å². The van der Waals surface area contributed by atoms with E-state index in [0.717, 1.165) is 36.3 Å². The van der Waals surface area contributed by atoms with Crippen molar-refractivity contribution < 1.29 is 9.84 Å². The summed E-state index contributed by atoms with van der Waals surface area (Å²) in [6, 6.07) is 20.4. The van der Waals surface area contributed by atoms with Crippen molar-refractivity contribution in [3.63, 3.8) is 0 Å². The van der Waals surface area contributed by atoms with E-state index in [2.05, 4.69) is 20.8 Å². The molecule has 2 aromatic carbocycles. The van der Waals surface area contributed by atoms with E-state index in [1.54, 1.807) is 0 Å². The Balaban J connectivity index is 1.75. The summed E-state index contributed by atoms with van der Waals surface area (Å²) in [6.45, 7) is 7.29. The average molecular weight is 378 g/mol. The monoisotopic (exact) mass is 377 g/mol. The van der Waals surface area contributed by atoms with Crippen molar-refractivity contribution in [2.45, 2.75) is 51.7 Å². The van der Waals surface area contributed by atoms with Crippen LogP contribution in [0.4, 0.5) is 0 Å². The Kier molecular flexibility index (Phi) is 5.05. The van der Waals surface area contributed by atoms with Crippen LogP contribution in [0.2, 0.25) is 0 Å². The number of aliphatic hydroxyl groups is 1. The van der Waals surface area contributed by atoms with Crippen molar-refractivity contribution in [1.82, 2.24) is 0 Å². The van der Waals surface area contributed by atoms with Gasteiger partial charge in [-0.2, -0.15) is 0 Å². The minimum absolute atomic E-state index is 0.0507. The molecule has 1 aliphatic carbocycles. The van der Waals surface area contributed by atoms with Crippen molar-refractivity contribution in [1.29, 1.82) is 0 Å². The van der Waals surface area contributed by atoms with Crippen LogP contribution in [0.25, 0.3) is 0 Å². The van der Waals surface area contributed by atoms with Crippen molar-refractivity contribution in [3.8, 4) is 0 Å². The molecule has 2 unspecified atom stereocenters. The molecule has 2 aromatic rings. The van der Waals surface area contributed by atoms with Gasteiger partial charge in [-0.25, -0.2) is 4.99 Å². The van der Waals surface area contributed by atoms with Gasteiger partial charge < -0.3 is 9.84 Å². The van der Waals surface area contributed by atoms with Crippen LogP contribution in [0.1, 0.15) is 51.2 Å². The molecule has 3 atom stereocenters. The maximum absolute atomic E-state index is 12.2. The summed E-state index contributed by atoms with van der Waals surface area (Å²) in [5, 5.41) is 12.2. The Labute approximate surface area is 168 Å². The van der Waals surface area contributed by atoms with E-state index in [4.69, 9.17) is 9.73 Å². The average Bonchev–Trinajstić information content (AvgIpc) is 3.38. The highest BCUT2D eigenvalue weighted by atomic mass is 16.5. The molecule has 148 valence electrons. The van der Waals surface area contributed by atoms with Crippen LogP contribution in [0.5, 0.6) is 0 Å². The predicted octanol–water partition coefficient (Wildman–Crippen LogP) is 5.18. The van der Waals surface area contributed by atoms with Gasteiger partial charge in [-0.05, 0) is 29.4 Å². The first-order chi connectivity index (χ1) is 13.4. The van der Waals surface area contributed by atoms with Crippen LogP contribution in [0.3, 0.4) is 0 Å². The van der Waals surface area contributed by atoms with Crippen LogP contribution < -0.4 is 0 Å². The zero-order chi connectivity index (χ0) is 19.8. The second-order valence-corrected chi connectivity index (χ2v) is 9.30. The number of hydrogen-bond acceptors (Lipinski definition) is 3. The lowest BCUT2D eigenvalue weighted by atomic mass is 9.71. The molecular formula is C25H31NO2. The lowest BCUT2D eigenvalue weighted by molar-refractivity contribution is 0.00635. The van der Waals surface area contributed by atoms with Crippen molar-refractivity contribution in [2.75, 3.05) is 6.61 Å². The van der Waals surface area contributed by atoms with Gasteiger partial charge >= 0.3 is 0 Å². The molecule has 1 saturated carbocycles. The number of hydrogen-bond donors (Lipinski definition) is 1. The molecule has 2 aliphatic rings. The molecule has 0 aromatic heterocycles. The number of rotatable bonds is 4. The third-order valence-electron chi connectivity index (χ3n) is 6.47. The Morgan fingerprint density at radius 2 is 1.46 bits per heavy atom. The fourth-order valence-corrected chi connectivity index (χ4v) is 4.77. The normalized spacial score (nSPS) is 25.4. The molecule has 3 nitrogen and oxygen atoms in total. The Bertz CT molecular complexity index is 783. The van der Waals surface area contributed by atoms with E-state index >= 15 is 0 Å². The van der Waals surface area contributed by atoms with E-state index in [0.29, 0.717) is 6.61 Å². The Hall–Kier alpha value is -2.13. The summed E-state index contributed by atoms with van der Waals surface area (Å²) in [5.74, 6) is 1.06. The highest BCUT2D eigenvalue weighted by Gasteiger charge is 2.49. The van der Waals surface area contributed by atoms with Crippen LogP contribution >= 0.6 is 0 Å².